The number of para-hydroxylation sites is 2. The molecule has 132 valence electrons. The summed E-state index contributed by atoms with van der Waals surface area (Å²) in [6, 6.07) is 10.5. The molecule has 1 fully saturated rings. The Hall–Kier alpha value is -2.47. The van der Waals surface area contributed by atoms with Crippen LogP contribution in [-0.2, 0) is 11.3 Å². The first-order valence-electron chi connectivity index (χ1n) is 8.13. The number of piperazine rings is 1. The average Bonchev–Trinajstić information content (AvgIpc) is 2.61. The van der Waals surface area contributed by atoms with Crippen LogP contribution in [0.25, 0.3) is 0 Å². The van der Waals surface area contributed by atoms with Crippen molar-refractivity contribution in [3.05, 3.63) is 59.7 Å². The average molecular weight is 346 g/mol. The van der Waals surface area contributed by atoms with Gasteiger partial charge in [0.05, 0.1) is 18.8 Å². The Labute approximate surface area is 145 Å². The normalized spacial score (nSPS) is 18.5. The molecule has 1 saturated heterocycles. The van der Waals surface area contributed by atoms with E-state index in [0.717, 1.165) is 11.8 Å². The smallest absolute Gasteiger partial charge is 0.244 e. The summed E-state index contributed by atoms with van der Waals surface area (Å²) in [4.78, 5) is 16.4. The minimum absolute atomic E-state index is 0.0710. The van der Waals surface area contributed by atoms with E-state index in [4.69, 9.17) is 4.74 Å². The fourth-order valence-corrected chi connectivity index (χ4v) is 3.09. The van der Waals surface area contributed by atoms with E-state index < -0.39 is 17.7 Å². The number of ether oxygens (including phenoxy) is 1. The molecule has 0 spiro atoms. The van der Waals surface area contributed by atoms with E-state index in [9.17, 15) is 13.6 Å². The van der Waals surface area contributed by atoms with E-state index in [2.05, 4.69) is 0 Å². The van der Waals surface area contributed by atoms with Crippen molar-refractivity contribution >= 4 is 11.6 Å². The Morgan fingerprint density at radius 3 is 2.64 bits per heavy atom. The first kappa shape index (κ1) is 17.4. The van der Waals surface area contributed by atoms with Gasteiger partial charge in [-0.3, -0.25) is 9.69 Å². The van der Waals surface area contributed by atoms with Crippen molar-refractivity contribution in [2.45, 2.75) is 19.5 Å². The summed E-state index contributed by atoms with van der Waals surface area (Å²) in [6.07, 6.45) is 0. The van der Waals surface area contributed by atoms with Crippen molar-refractivity contribution < 1.29 is 18.3 Å². The van der Waals surface area contributed by atoms with E-state index in [1.54, 1.807) is 18.9 Å². The van der Waals surface area contributed by atoms with Crippen LogP contribution >= 0.6 is 0 Å². The van der Waals surface area contributed by atoms with Crippen molar-refractivity contribution in [3.63, 3.8) is 0 Å². The van der Waals surface area contributed by atoms with Gasteiger partial charge in [0.2, 0.25) is 5.91 Å². The zero-order valence-corrected chi connectivity index (χ0v) is 14.2. The second-order valence-corrected chi connectivity index (χ2v) is 6.04. The third-order valence-electron chi connectivity index (χ3n) is 4.55. The maximum Gasteiger partial charge on any atom is 0.244 e. The molecule has 0 bridgehead atoms. The molecule has 1 aliphatic heterocycles. The highest BCUT2D eigenvalue weighted by molar-refractivity contribution is 5.98. The molecule has 25 heavy (non-hydrogen) atoms. The molecule has 0 unspecified atom stereocenters. The van der Waals surface area contributed by atoms with Gasteiger partial charge in [-0.1, -0.05) is 18.2 Å². The largest absolute Gasteiger partial charge is 0.495 e. The number of rotatable bonds is 4. The number of amides is 1. The van der Waals surface area contributed by atoms with Crippen LogP contribution in [0.15, 0.2) is 42.5 Å². The van der Waals surface area contributed by atoms with Crippen molar-refractivity contribution in [3.8, 4) is 5.75 Å². The Morgan fingerprint density at radius 1 is 1.16 bits per heavy atom. The van der Waals surface area contributed by atoms with Gasteiger partial charge in [0.25, 0.3) is 0 Å². The van der Waals surface area contributed by atoms with E-state index >= 15 is 0 Å². The van der Waals surface area contributed by atoms with Crippen molar-refractivity contribution in [1.29, 1.82) is 0 Å². The summed E-state index contributed by atoms with van der Waals surface area (Å²) in [5, 5.41) is 0. The summed E-state index contributed by atoms with van der Waals surface area (Å²) in [7, 11) is 1.57. The number of carbonyl (C=O) groups excluding carboxylic acids is 1. The number of anilines is 1. The number of benzene rings is 2. The number of hydrogen-bond donors (Lipinski definition) is 0. The first-order valence-corrected chi connectivity index (χ1v) is 8.13. The molecular formula is C19H20F2N2O2. The summed E-state index contributed by atoms with van der Waals surface area (Å²) >= 11 is 0. The van der Waals surface area contributed by atoms with Crippen LogP contribution in [0.4, 0.5) is 14.5 Å². The molecule has 4 nitrogen and oxygen atoms in total. The fourth-order valence-electron chi connectivity index (χ4n) is 3.09. The second-order valence-electron chi connectivity index (χ2n) is 6.04. The van der Waals surface area contributed by atoms with Crippen LogP contribution in [-0.4, -0.2) is 37.0 Å². The van der Waals surface area contributed by atoms with Gasteiger partial charge < -0.3 is 9.64 Å². The molecule has 0 radical (unpaired) electrons. The van der Waals surface area contributed by atoms with Gasteiger partial charge in [0.1, 0.15) is 17.4 Å². The predicted octanol–water partition coefficient (Wildman–Crippen LogP) is 3.21. The van der Waals surface area contributed by atoms with E-state index in [1.807, 2.05) is 29.2 Å². The van der Waals surface area contributed by atoms with Crippen LogP contribution < -0.4 is 9.64 Å². The summed E-state index contributed by atoms with van der Waals surface area (Å²) < 4.78 is 32.3. The Kier molecular flexibility index (Phi) is 4.99. The summed E-state index contributed by atoms with van der Waals surface area (Å²) in [5.74, 6) is -0.627. The molecule has 0 saturated carbocycles. The molecule has 1 aliphatic rings. The highest BCUT2D eigenvalue weighted by Crippen LogP contribution is 2.30. The molecular weight excluding hydrogens is 326 g/mol. The fraction of sp³-hybridized carbons (Fsp3) is 0.316. The van der Waals surface area contributed by atoms with Gasteiger partial charge in [-0.05, 0) is 25.1 Å². The zero-order chi connectivity index (χ0) is 18.0. The minimum Gasteiger partial charge on any atom is -0.495 e. The number of carbonyl (C=O) groups is 1. The maximum absolute atomic E-state index is 13.9. The van der Waals surface area contributed by atoms with Crippen LogP contribution in [0, 0.1) is 11.6 Å². The lowest BCUT2D eigenvalue weighted by Crippen LogP contribution is -2.55. The van der Waals surface area contributed by atoms with Crippen LogP contribution in [0.3, 0.4) is 0 Å². The Balaban J connectivity index is 1.77. The van der Waals surface area contributed by atoms with Gasteiger partial charge in [0, 0.05) is 31.3 Å². The SMILES string of the molecule is COc1ccccc1N1CCN(Cc2ccc(F)cc2F)[C@H](C)C1=O. The molecule has 0 aromatic heterocycles. The van der Waals surface area contributed by atoms with Crippen LogP contribution in [0.2, 0.25) is 0 Å². The molecule has 6 heteroatoms. The van der Waals surface area contributed by atoms with Crippen molar-refractivity contribution in [2.75, 3.05) is 25.1 Å². The molecule has 0 aliphatic carbocycles. The molecule has 1 atom stereocenters. The summed E-state index contributed by atoms with van der Waals surface area (Å²) in [6.45, 7) is 3.12. The van der Waals surface area contributed by atoms with E-state index in [-0.39, 0.29) is 12.5 Å². The third-order valence-corrected chi connectivity index (χ3v) is 4.55. The van der Waals surface area contributed by atoms with Gasteiger partial charge in [-0.25, -0.2) is 8.78 Å². The third kappa shape index (κ3) is 3.49. The number of halogens is 2. The Bertz CT molecular complexity index is 782. The Morgan fingerprint density at radius 2 is 1.92 bits per heavy atom. The molecule has 2 aromatic carbocycles. The molecule has 1 amide bonds. The number of nitrogens with zero attached hydrogens (tertiary/aromatic N) is 2. The van der Waals surface area contributed by atoms with Gasteiger partial charge in [-0.2, -0.15) is 0 Å². The predicted molar refractivity (Wildman–Crippen MR) is 91.6 cm³/mol. The van der Waals surface area contributed by atoms with Gasteiger partial charge in [-0.15, -0.1) is 0 Å². The lowest BCUT2D eigenvalue weighted by Gasteiger charge is -2.39. The monoisotopic (exact) mass is 346 g/mol. The first-order chi connectivity index (χ1) is 12.0. The number of methoxy groups -OCH3 is 1. The lowest BCUT2D eigenvalue weighted by atomic mass is 10.1. The van der Waals surface area contributed by atoms with Crippen molar-refractivity contribution in [1.82, 2.24) is 4.90 Å². The van der Waals surface area contributed by atoms with E-state index in [1.165, 1.54) is 12.1 Å². The van der Waals surface area contributed by atoms with Crippen LogP contribution in [0.5, 0.6) is 5.75 Å². The topological polar surface area (TPSA) is 32.8 Å². The minimum atomic E-state index is -0.605. The van der Waals surface area contributed by atoms with Gasteiger partial charge in [0.15, 0.2) is 0 Å². The highest BCUT2D eigenvalue weighted by atomic mass is 19.1. The standard InChI is InChI=1S/C19H20F2N2O2/c1-13-19(24)23(17-5-3-4-6-18(17)25-2)10-9-22(13)12-14-7-8-15(20)11-16(14)21/h3-8,11,13H,9-10,12H2,1-2H3/t13-/m1/s1. The molecule has 3 rings (SSSR count). The van der Waals surface area contributed by atoms with Gasteiger partial charge >= 0.3 is 0 Å². The molecule has 0 N–H and O–H groups in total. The lowest BCUT2D eigenvalue weighted by molar-refractivity contribution is -0.125. The molecule has 2 aromatic rings. The van der Waals surface area contributed by atoms with E-state index in [0.29, 0.717) is 24.4 Å². The zero-order valence-electron chi connectivity index (χ0n) is 14.2. The number of hydrogen-bond acceptors (Lipinski definition) is 3. The second kappa shape index (κ2) is 7.19. The summed E-state index contributed by atoms with van der Waals surface area (Å²) in [5.41, 5.74) is 1.11. The molecule has 1 heterocycles. The van der Waals surface area contributed by atoms with Crippen molar-refractivity contribution in [2.24, 2.45) is 0 Å². The quantitative estimate of drug-likeness (QED) is 0.852. The maximum atomic E-state index is 13.9. The highest BCUT2D eigenvalue weighted by Gasteiger charge is 2.33. The van der Waals surface area contributed by atoms with Crippen LogP contribution in [0.1, 0.15) is 12.5 Å².